The third kappa shape index (κ3) is 4.93. The summed E-state index contributed by atoms with van der Waals surface area (Å²) >= 11 is 0. The lowest BCUT2D eigenvalue weighted by molar-refractivity contribution is -0.125. The van der Waals surface area contributed by atoms with E-state index < -0.39 is 18.5 Å². The number of hydrogen-bond donors (Lipinski definition) is 2. The van der Waals surface area contributed by atoms with Crippen LogP contribution in [0.2, 0.25) is 0 Å². The Balaban J connectivity index is 1.40. The first kappa shape index (κ1) is 23.1. The normalized spacial score (nSPS) is 21.1. The van der Waals surface area contributed by atoms with Gasteiger partial charge in [0, 0.05) is 36.3 Å². The van der Waals surface area contributed by atoms with Crippen LogP contribution in [0.4, 0.5) is 10.5 Å². The van der Waals surface area contributed by atoms with E-state index in [1.165, 1.54) is 4.90 Å². The monoisotopic (exact) mass is 474 g/mol. The Bertz CT molecular complexity index is 1180. The Morgan fingerprint density at radius 3 is 2.49 bits per heavy atom. The van der Waals surface area contributed by atoms with Gasteiger partial charge in [0.25, 0.3) is 0 Å². The maximum Gasteiger partial charge on any atom is 0.326 e. The van der Waals surface area contributed by atoms with Gasteiger partial charge in [-0.05, 0) is 42.5 Å². The number of amides is 3. The second kappa shape index (κ2) is 10.3. The molecular weight excluding hydrogens is 444 g/mol. The number of pyridine rings is 1. The maximum absolute atomic E-state index is 13.1. The Morgan fingerprint density at radius 2 is 1.69 bits per heavy atom. The second-order valence-electron chi connectivity index (χ2n) is 9.11. The van der Waals surface area contributed by atoms with E-state index >= 15 is 0 Å². The summed E-state index contributed by atoms with van der Waals surface area (Å²) in [6, 6.07) is 18.6. The predicted octanol–water partition coefficient (Wildman–Crippen LogP) is 3.90. The molecule has 182 valence electrons. The van der Waals surface area contributed by atoms with Crippen LogP contribution in [0.1, 0.15) is 32.1 Å². The molecule has 2 atom stereocenters. The minimum Gasteiger partial charge on any atom is -0.448 e. The molecule has 3 aromatic rings. The minimum atomic E-state index is -1.32. The van der Waals surface area contributed by atoms with Crippen molar-refractivity contribution >= 4 is 28.4 Å². The standard InChI is InChI=1S/C27H30N4O4/c32-23(20-10-3-1-4-11-20)29-27(34)31-18-17-30(21-12-5-2-6-13-21)26(25(31)33)35-24-22-14-8-7-9-19(22)15-16-28-24/h2,5-9,12-16,20,25-26,33H,1,3-4,10-11,17-18H2,(H,29,32,34). The van der Waals surface area contributed by atoms with Crippen LogP contribution in [0.3, 0.4) is 0 Å². The Labute approximate surface area is 204 Å². The molecule has 1 saturated carbocycles. The highest BCUT2D eigenvalue weighted by Crippen LogP contribution is 2.29. The zero-order valence-electron chi connectivity index (χ0n) is 19.5. The van der Waals surface area contributed by atoms with Gasteiger partial charge in [-0.25, -0.2) is 9.78 Å². The summed E-state index contributed by atoms with van der Waals surface area (Å²) in [5, 5.41) is 15.6. The predicted molar refractivity (Wildman–Crippen MR) is 133 cm³/mol. The number of aliphatic hydroxyl groups is 1. The van der Waals surface area contributed by atoms with Gasteiger partial charge in [-0.3, -0.25) is 15.0 Å². The first-order valence-electron chi connectivity index (χ1n) is 12.2. The number of piperazine rings is 1. The van der Waals surface area contributed by atoms with Crippen molar-refractivity contribution in [2.75, 3.05) is 18.0 Å². The molecule has 0 bridgehead atoms. The van der Waals surface area contributed by atoms with Gasteiger partial charge in [0.2, 0.25) is 18.0 Å². The number of rotatable bonds is 4. The number of carbonyl (C=O) groups excluding carboxylic acids is 2. The third-order valence-corrected chi connectivity index (χ3v) is 6.89. The van der Waals surface area contributed by atoms with E-state index in [0.717, 1.165) is 48.6 Å². The third-order valence-electron chi connectivity index (χ3n) is 6.89. The number of para-hydroxylation sites is 1. The highest BCUT2D eigenvalue weighted by Gasteiger charge is 2.41. The molecule has 2 heterocycles. The number of fused-ring (bicyclic) bond motifs is 1. The van der Waals surface area contributed by atoms with E-state index in [1.54, 1.807) is 6.20 Å². The molecule has 3 amide bonds. The number of urea groups is 1. The molecule has 2 unspecified atom stereocenters. The number of benzene rings is 2. The average Bonchev–Trinajstić information content (AvgIpc) is 2.91. The van der Waals surface area contributed by atoms with Crippen molar-refractivity contribution in [3.05, 3.63) is 66.9 Å². The number of ether oxygens (including phenoxy) is 1. The van der Waals surface area contributed by atoms with E-state index in [-0.39, 0.29) is 18.4 Å². The lowest BCUT2D eigenvalue weighted by atomic mass is 9.89. The fraction of sp³-hybridized carbons (Fsp3) is 0.370. The van der Waals surface area contributed by atoms with Crippen LogP contribution in [0.25, 0.3) is 10.8 Å². The molecule has 2 N–H and O–H groups in total. The van der Waals surface area contributed by atoms with E-state index in [4.69, 9.17) is 4.74 Å². The van der Waals surface area contributed by atoms with Crippen molar-refractivity contribution in [1.29, 1.82) is 0 Å². The van der Waals surface area contributed by atoms with Gasteiger partial charge < -0.3 is 14.7 Å². The first-order chi connectivity index (χ1) is 17.1. The Hall–Kier alpha value is -3.65. The number of aromatic nitrogens is 1. The lowest BCUT2D eigenvalue weighted by Crippen LogP contribution is -2.65. The molecule has 35 heavy (non-hydrogen) atoms. The van der Waals surface area contributed by atoms with Gasteiger partial charge >= 0.3 is 6.03 Å². The van der Waals surface area contributed by atoms with Crippen molar-refractivity contribution in [2.24, 2.45) is 5.92 Å². The number of hydrogen-bond acceptors (Lipinski definition) is 6. The van der Waals surface area contributed by atoms with Crippen molar-refractivity contribution < 1.29 is 19.4 Å². The zero-order valence-corrected chi connectivity index (χ0v) is 19.5. The Morgan fingerprint density at radius 1 is 0.943 bits per heavy atom. The molecular formula is C27H30N4O4. The van der Waals surface area contributed by atoms with Crippen LogP contribution in [0.15, 0.2) is 66.9 Å². The summed E-state index contributed by atoms with van der Waals surface area (Å²) < 4.78 is 6.31. The molecule has 8 heteroatoms. The number of nitrogens with one attached hydrogen (secondary N) is 1. The van der Waals surface area contributed by atoms with E-state index in [2.05, 4.69) is 10.3 Å². The minimum absolute atomic E-state index is 0.151. The van der Waals surface area contributed by atoms with Gasteiger partial charge in [0.1, 0.15) is 0 Å². The van der Waals surface area contributed by atoms with Crippen LogP contribution in [-0.2, 0) is 4.79 Å². The van der Waals surface area contributed by atoms with Crippen molar-refractivity contribution in [2.45, 2.75) is 44.6 Å². The number of aliphatic hydroxyl groups excluding tert-OH is 1. The van der Waals surface area contributed by atoms with Crippen LogP contribution in [-0.4, -0.2) is 52.5 Å². The van der Waals surface area contributed by atoms with Crippen molar-refractivity contribution in [1.82, 2.24) is 15.2 Å². The van der Waals surface area contributed by atoms with Crippen molar-refractivity contribution in [3.63, 3.8) is 0 Å². The van der Waals surface area contributed by atoms with E-state index in [0.29, 0.717) is 12.4 Å². The molecule has 1 saturated heterocycles. The zero-order chi connectivity index (χ0) is 24.2. The number of anilines is 1. The first-order valence-corrected chi connectivity index (χ1v) is 12.2. The summed E-state index contributed by atoms with van der Waals surface area (Å²) in [7, 11) is 0. The number of imide groups is 1. The van der Waals surface area contributed by atoms with E-state index in [9.17, 15) is 14.7 Å². The largest absolute Gasteiger partial charge is 0.448 e. The summed E-state index contributed by atoms with van der Waals surface area (Å²) in [6.45, 7) is 0.657. The van der Waals surface area contributed by atoms with Crippen LogP contribution >= 0.6 is 0 Å². The van der Waals surface area contributed by atoms with Crippen molar-refractivity contribution in [3.8, 4) is 5.88 Å². The van der Waals surface area contributed by atoms with Gasteiger partial charge in [-0.2, -0.15) is 0 Å². The van der Waals surface area contributed by atoms with Crippen LogP contribution < -0.4 is 15.0 Å². The van der Waals surface area contributed by atoms with Crippen LogP contribution in [0, 0.1) is 5.92 Å². The van der Waals surface area contributed by atoms with Gasteiger partial charge in [0.05, 0.1) is 0 Å². The molecule has 2 aromatic carbocycles. The molecule has 0 spiro atoms. The highest BCUT2D eigenvalue weighted by molar-refractivity contribution is 5.95. The lowest BCUT2D eigenvalue weighted by Gasteiger charge is -2.45. The Kier molecular flexibility index (Phi) is 6.81. The SMILES string of the molecule is O=C(NC(=O)N1CCN(c2ccccc2)C(Oc2nccc3ccccc23)C1O)C1CCCCC1. The summed E-state index contributed by atoms with van der Waals surface area (Å²) in [4.78, 5) is 33.3. The maximum atomic E-state index is 13.1. The molecule has 0 radical (unpaired) electrons. The quantitative estimate of drug-likeness (QED) is 0.596. The van der Waals surface area contributed by atoms with Gasteiger partial charge in [0.15, 0.2) is 6.23 Å². The molecule has 2 fully saturated rings. The summed E-state index contributed by atoms with van der Waals surface area (Å²) in [6.07, 6.45) is 4.14. The summed E-state index contributed by atoms with van der Waals surface area (Å²) in [5.74, 6) is -0.0448. The van der Waals surface area contributed by atoms with Gasteiger partial charge in [-0.15, -0.1) is 0 Å². The fourth-order valence-electron chi connectivity index (χ4n) is 4.98. The topological polar surface area (TPSA) is 95.0 Å². The molecule has 8 nitrogen and oxygen atoms in total. The van der Waals surface area contributed by atoms with E-state index in [1.807, 2.05) is 65.6 Å². The number of nitrogens with zero attached hydrogens (tertiary/aromatic N) is 3. The van der Waals surface area contributed by atoms with Gasteiger partial charge in [-0.1, -0.05) is 55.7 Å². The molecule has 2 aliphatic rings. The fourth-order valence-corrected chi connectivity index (χ4v) is 4.98. The molecule has 5 rings (SSSR count). The average molecular weight is 475 g/mol. The molecule has 1 aliphatic carbocycles. The smallest absolute Gasteiger partial charge is 0.326 e. The second-order valence-corrected chi connectivity index (χ2v) is 9.11. The molecule has 1 aliphatic heterocycles. The summed E-state index contributed by atoms with van der Waals surface area (Å²) in [5.41, 5.74) is 0.857. The highest BCUT2D eigenvalue weighted by atomic mass is 16.5. The molecule has 1 aromatic heterocycles. The number of carbonyl (C=O) groups is 2. The van der Waals surface area contributed by atoms with Crippen LogP contribution in [0.5, 0.6) is 5.88 Å².